The topological polar surface area (TPSA) is 241 Å². The molecular formula is C30H36N6O9. The summed E-state index contributed by atoms with van der Waals surface area (Å²) in [4.78, 5) is 58.2. The summed E-state index contributed by atoms with van der Waals surface area (Å²) in [6.45, 7) is 3.50. The molecule has 3 aliphatic rings. The molecule has 1 aromatic heterocycles. The van der Waals surface area contributed by atoms with Crippen LogP contribution in [0.4, 0.5) is 5.69 Å². The Morgan fingerprint density at radius 1 is 1.20 bits per heavy atom. The second-order valence-electron chi connectivity index (χ2n) is 12.0. The number of imidazole rings is 1. The summed E-state index contributed by atoms with van der Waals surface area (Å²) in [5, 5.41) is 62.8. The van der Waals surface area contributed by atoms with Gasteiger partial charge in [0.1, 0.15) is 22.9 Å². The van der Waals surface area contributed by atoms with Crippen LogP contribution in [0.5, 0.6) is 5.75 Å². The van der Waals surface area contributed by atoms with Crippen LogP contribution in [-0.2, 0) is 28.0 Å². The van der Waals surface area contributed by atoms with E-state index in [0.717, 1.165) is 0 Å². The Morgan fingerprint density at radius 3 is 2.44 bits per heavy atom. The quantitative estimate of drug-likeness (QED) is 0.144. The number of fused-ring (bicyclic) bond motifs is 3. The molecule has 15 heteroatoms. The molecule has 9 N–H and O–H groups in total. The second kappa shape index (κ2) is 11.1. The largest absolute Gasteiger partial charge is 0.510 e. The first-order valence-electron chi connectivity index (χ1n) is 14.2. The van der Waals surface area contributed by atoms with Crippen molar-refractivity contribution in [3.05, 3.63) is 64.1 Å². The van der Waals surface area contributed by atoms with Crippen LogP contribution < -0.4 is 16.4 Å². The first-order valence-corrected chi connectivity index (χ1v) is 14.2. The molecule has 2 amide bonds. The van der Waals surface area contributed by atoms with E-state index in [1.165, 1.54) is 31.1 Å². The minimum atomic E-state index is -3.01. The average molecular weight is 625 g/mol. The van der Waals surface area contributed by atoms with Gasteiger partial charge in [-0.1, -0.05) is 13.0 Å². The lowest BCUT2D eigenvalue weighted by Crippen LogP contribution is -2.68. The normalized spacial score (nSPS) is 28.5. The van der Waals surface area contributed by atoms with Crippen molar-refractivity contribution in [1.29, 1.82) is 0 Å². The molecule has 5 rings (SSSR count). The predicted octanol–water partition coefficient (Wildman–Crippen LogP) is -0.497. The molecule has 45 heavy (non-hydrogen) atoms. The van der Waals surface area contributed by atoms with Crippen molar-refractivity contribution in [3.63, 3.8) is 0 Å². The highest BCUT2D eigenvalue weighted by Crippen LogP contribution is 2.56. The summed E-state index contributed by atoms with van der Waals surface area (Å²) in [6.07, 6.45) is 1.68. The number of aromatic hydroxyl groups is 1. The van der Waals surface area contributed by atoms with Crippen molar-refractivity contribution in [3.8, 4) is 5.75 Å². The lowest BCUT2D eigenvalue weighted by molar-refractivity contribution is -0.162. The number of phenolic OH excluding ortho intramolecular Hbond substituents is 1. The van der Waals surface area contributed by atoms with Gasteiger partial charge in [0, 0.05) is 30.9 Å². The molecular weight excluding hydrogens is 588 g/mol. The number of aliphatic hydroxyl groups is 4. The van der Waals surface area contributed by atoms with E-state index in [1.54, 1.807) is 30.8 Å². The Morgan fingerprint density at radius 2 is 1.87 bits per heavy atom. The first kappa shape index (κ1) is 31.8. The molecule has 1 aromatic carbocycles. The number of aromatic nitrogens is 2. The fraction of sp³-hybridized carbons (Fsp3) is 0.433. The molecule has 1 heterocycles. The number of carbonyl (C=O) groups is 4. The van der Waals surface area contributed by atoms with Crippen molar-refractivity contribution >= 4 is 29.1 Å². The molecule has 3 aliphatic carbocycles. The fourth-order valence-electron chi connectivity index (χ4n) is 6.87. The van der Waals surface area contributed by atoms with Crippen LogP contribution in [0.25, 0.3) is 0 Å². The van der Waals surface area contributed by atoms with Crippen molar-refractivity contribution in [2.24, 2.45) is 24.6 Å². The highest BCUT2D eigenvalue weighted by molar-refractivity contribution is 6.25. The van der Waals surface area contributed by atoms with Gasteiger partial charge in [0.25, 0.3) is 5.91 Å². The van der Waals surface area contributed by atoms with Crippen LogP contribution in [-0.4, -0.2) is 101 Å². The number of nitrogens with two attached hydrogens (primary N) is 1. The van der Waals surface area contributed by atoms with E-state index in [0.29, 0.717) is 5.82 Å². The molecule has 0 fully saturated rings. The average Bonchev–Trinajstić information content (AvgIpc) is 3.38. The maximum atomic E-state index is 14.0. The minimum absolute atomic E-state index is 0.110. The van der Waals surface area contributed by atoms with E-state index in [-0.39, 0.29) is 23.4 Å². The number of benzene rings is 1. The molecule has 0 spiro atoms. The number of likely N-dealkylation sites (N-methyl/N-ethyl adjacent to an activating group) is 1. The van der Waals surface area contributed by atoms with E-state index >= 15 is 0 Å². The van der Waals surface area contributed by atoms with Gasteiger partial charge >= 0.3 is 0 Å². The number of rotatable bonds is 7. The molecule has 0 saturated heterocycles. The third kappa shape index (κ3) is 4.61. The van der Waals surface area contributed by atoms with Gasteiger partial charge in [0.05, 0.1) is 41.9 Å². The van der Waals surface area contributed by atoms with Crippen molar-refractivity contribution in [1.82, 2.24) is 19.8 Å². The number of anilines is 1. The van der Waals surface area contributed by atoms with Crippen LogP contribution >= 0.6 is 0 Å². The van der Waals surface area contributed by atoms with Crippen LogP contribution in [0.1, 0.15) is 41.5 Å². The Bertz CT molecular complexity index is 1690. The van der Waals surface area contributed by atoms with Gasteiger partial charge < -0.3 is 41.2 Å². The second-order valence-corrected chi connectivity index (χ2v) is 12.0. The highest BCUT2D eigenvalue weighted by Gasteiger charge is 2.67. The number of hydrogen-bond acceptors (Lipinski definition) is 12. The molecule has 240 valence electrons. The zero-order valence-electron chi connectivity index (χ0n) is 25.3. The van der Waals surface area contributed by atoms with E-state index in [1.807, 2.05) is 7.05 Å². The predicted molar refractivity (Wildman–Crippen MR) is 158 cm³/mol. The molecule has 7 atom stereocenters. The lowest BCUT2D eigenvalue weighted by atomic mass is 9.55. The summed E-state index contributed by atoms with van der Waals surface area (Å²) in [5.41, 5.74) is 0.694. The number of Topliss-reactive ketones (excluding diaryl/α,β-unsaturated/α-hetero) is 2. The number of aliphatic hydroxyl groups excluding tert-OH is 3. The highest BCUT2D eigenvalue weighted by atomic mass is 16.4. The van der Waals surface area contributed by atoms with Crippen LogP contribution in [0.15, 0.2) is 47.2 Å². The SMILES string of the molecule is CC(NCc1nccn1C)C(=O)Nc1ccc2c(c1O)C(=O)C1=C(O)[C@]3(O)C(=O)C(C(N)=O)=C(O)[C@@H](N(C)C)C3C(O)C1C2C. The Labute approximate surface area is 257 Å². The number of hydrogen-bond donors (Lipinski definition) is 8. The Balaban J connectivity index is 1.55. The Hall–Kier alpha value is -4.57. The molecule has 5 unspecified atom stereocenters. The van der Waals surface area contributed by atoms with Crippen molar-refractivity contribution in [2.45, 2.75) is 50.1 Å². The van der Waals surface area contributed by atoms with Gasteiger partial charge in [-0.05, 0) is 38.6 Å². The molecule has 0 bridgehead atoms. The third-order valence-electron chi connectivity index (χ3n) is 9.27. The van der Waals surface area contributed by atoms with Crippen molar-refractivity contribution < 1.29 is 44.7 Å². The third-order valence-corrected chi connectivity index (χ3v) is 9.27. The monoisotopic (exact) mass is 624 g/mol. The number of primary amides is 1. The maximum absolute atomic E-state index is 14.0. The fourth-order valence-corrected chi connectivity index (χ4v) is 6.87. The van der Waals surface area contributed by atoms with Gasteiger partial charge in [0.15, 0.2) is 17.1 Å². The summed E-state index contributed by atoms with van der Waals surface area (Å²) >= 11 is 0. The van der Waals surface area contributed by atoms with Gasteiger partial charge in [-0.25, -0.2) is 4.98 Å². The first-order chi connectivity index (χ1) is 21.0. The van der Waals surface area contributed by atoms with Crippen LogP contribution in [0.3, 0.4) is 0 Å². The van der Waals surface area contributed by atoms with E-state index in [9.17, 15) is 44.7 Å². The zero-order valence-corrected chi connectivity index (χ0v) is 25.3. The van der Waals surface area contributed by atoms with Crippen LogP contribution in [0.2, 0.25) is 0 Å². The number of nitrogens with zero attached hydrogens (tertiary/aromatic N) is 3. The number of ketones is 2. The summed E-state index contributed by atoms with van der Waals surface area (Å²) in [6, 6.07) is 0.811. The smallest absolute Gasteiger partial charge is 0.255 e. The van der Waals surface area contributed by atoms with E-state index in [4.69, 9.17) is 5.73 Å². The number of phenols is 1. The summed E-state index contributed by atoms with van der Waals surface area (Å²) < 4.78 is 1.78. The number of aryl methyl sites for hydroxylation is 1. The van der Waals surface area contributed by atoms with E-state index < -0.39 is 93.3 Å². The van der Waals surface area contributed by atoms with Crippen LogP contribution in [0, 0.1) is 11.8 Å². The standard InChI is InChI=1S/C30H36N6O9/c1-11-13-6-7-14(34-29(44)12(2)33-10-15-32-8-9-36(15)5)22(37)17(13)23(38)18-16(11)24(39)20-21(35(3)4)25(40)19(28(31)43)27(42)30(20,45)26(18)41/h6-9,11-12,16,20-21,24,33,37,39-41,45H,10H2,1-5H3,(H2,31,43)(H,34,44)/t11?,12?,16?,20?,21-,24?,30-/m0/s1. The molecule has 0 saturated carbocycles. The van der Waals surface area contributed by atoms with E-state index in [2.05, 4.69) is 15.6 Å². The van der Waals surface area contributed by atoms with Gasteiger partial charge in [-0.15, -0.1) is 0 Å². The Kier molecular flexibility index (Phi) is 7.85. The number of amides is 2. The molecule has 2 aromatic rings. The molecule has 0 aliphatic heterocycles. The number of carbonyl (C=O) groups excluding carboxylic acids is 4. The maximum Gasteiger partial charge on any atom is 0.255 e. The number of nitrogens with one attached hydrogen (secondary N) is 2. The van der Waals surface area contributed by atoms with Gasteiger partial charge in [0.2, 0.25) is 11.7 Å². The summed E-state index contributed by atoms with van der Waals surface area (Å²) in [5.74, 6) is -9.78. The molecule has 0 radical (unpaired) electrons. The minimum Gasteiger partial charge on any atom is -0.510 e. The van der Waals surface area contributed by atoms with Crippen molar-refractivity contribution in [2.75, 3.05) is 19.4 Å². The zero-order chi connectivity index (χ0) is 33.3. The summed E-state index contributed by atoms with van der Waals surface area (Å²) in [7, 11) is 4.74. The van der Waals surface area contributed by atoms with Gasteiger partial charge in [-0.2, -0.15) is 0 Å². The van der Waals surface area contributed by atoms with Gasteiger partial charge in [-0.3, -0.25) is 29.4 Å². The molecule has 15 nitrogen and oxygen atoms in total. The lowest BCUT2D eigenvalue weighted by Gasteiger charge is -2.53.